The lowest BCUT2D eigenvalue weighted by molar-refractivity contribution is -0.139. The van der Waals surface area contributed by atoms with Crippen molar-refractivity contribution in [3.05, 3.63) is 64.6 Å². The largest absolute Gasteiger partial charge is 0.492 e. The Morgan fingerprint density at radius 3 is 2.43 bits per heavy atom. The van der Waals surface area contributed by atoms with E-state index >= 15 is 0 Å². The third kappa shape index (κ3) is 4.88. The van der Waals surface area contributed by atoms with Crippen LogP contribution in [0.3, 0.4) is 0 Å². The molecule has 0 aliphatic heterocycles. The molecule has 5 heteroatoms. The lowest BCUT2D eigenvalue weighted by Gasteiger charge is -2.15. The maximum Gasteiger partial charge on any atom is 0.325 e. The van der Waals surface area contributed by atoms with Gasteiger partial charge in [0.2, 0.25) is 0 Å². The number of nitrogens with one attached hydrogen (secondary N) is 1. The monoisotopic (exact) mass is 349 g/mol. The van der Waals surface area contributed by atoms with Gasteiger partial charge in [-0.15, -0.1) is 0 Å². The molecule has 110 valence electrons. The number of carboxylic acids is 1. The smallest absolute Gasteiger partial charge is 0.325 e. The minimum Gasteiger partial charge on any atom is -0.492 e. The van der Waals surface area contributed by atoms with E-state index in [1.165, 1.54) is 0 Å². The van der Waals surface area contributed by atoms with E-state index in [-0.39, 0.29) is 0 Å². The highest BCUT2D eigenvalue weighted by Gasteiger charge is 2.18. The Hall–Kier alpha value is -1.85. The van der Waals surface area contributed by atoms with Crippen molar-refractivity contribution in [2.45, 2.75) is 6.04 Å². The summed E-state index contributed by atoms with van der Waals surface area (Å²) in [5.74, 6) is -0.142. The molecule has 2 aromatic rings. The van der Waals surface area contributed by atoms with Gasteiger partial charge >= 0.3 is 5.97 Å². The molecular weight excluding hydrogens is 334 g/mol. The minimum absolute atomic E-state index is 0.401. The molecule has 2 N–H and O–H groups in total. The normalized spacial score (nSPS) is 11.9. The molecule has 0 aliphatic rings. The molecule has 21 heavy (non-hydrogen) atoms. The van der Waals surface area contributed by atoms with E-state index in [1.54, 1.807) is 12.1 Å². The third-order valence-electron chi connectivity index (χ3n) is 2.91. The van der Waals surface area contributed by atoms with Crippen molar-refractivity contribution in [1.29, 1.82) is 0 Å². The second-order valence-corrected chi connectivity index (χ2v) is 5.35. The van der Waals surface area contributed by atoms with Gasteiger partial charge in [-0.1, -0.05) is 46.3 Å². The molecule has 2 rings (SSSR count). The van der Waals surface area contributed by atoms with Crippen molar-refractivity contribution >= 4 is 21.9 Å². The summed E-state index contributed by atoms with van der Waals surface area (Å²) in [6.07, 6.45) is 0. The Labute approximate surface area is 131 Å². The second kappa shape index (κ2) is 7.81. The Morgan fingerprint density at radius 2 is 1.81 bits per heavy atom. The summed E-state index contributed by atoms with van der Waals surface area (Å²) in [7, 11) is 0. The van der Waals surface area contributed by atoms with E-state index < -0.39 is 12.0 Å². The van der Waals surface area contributed by atoms with E-state index in [0.717, 1.165) is 15.8 Å². The number of rotatable bonds is 7. The van der Waals surface area contributed by atoms with Crippen molar-refractivity contribution < 1.29 is 14.6 Å². The first-order valence-electron chi connectivity index (χ1n) is 6.56. The first-order chi connectivity index (χ1) is 10.2. The molecule has 2 aromatic carbocycles. The van der Waals surface area contributed by atoms with Crippen LogP contribution >= 0.6 is 15.9 Å². The molecule has 1 atom stereocenters. The standard InChI is InChI=1S/C16H16BrNO3/c17-13-6-8-14(9-7-13)21-11-10-18-15(16(19)20)12-4-2-1-3-5-12/h1-9,15,18H,10-11H2,(H,19,20). The fourth-order valence-corrected chi connectivity index (χ4v) is 2.16. The van der Waals surface area contributed by atoms with Crippen molar-refractivity contribution in [3.8, 4) is 5.75 Å². The molecule has 0 aromatic heterocycles. The number of hydrogen-bond donors (Lipinski definition) is 2. The molecule has 4 nitrogen and oxygen atoms in total. The molecule has 0 aliphatic carbocycles. The first-order valence-corrected chi connectivity index (χ1v) is 7.35. The third-order valence-corrected chi connectivity index (χ3v) is 3.44. The van der Waals surface area contributed by atoms with Crippen LogP contribution in [0, 0.1) is 0 Å². The van der Waals surface area contributed by atoms with Crippen LogP contribution in [-0.4, -0.2) is 24.2 Å². The van der Waals surface area contributed by atoms with Crippen LogP contribution in [0.1, 0.15) is 11.6 Å². The molecule has 0 amide bonds. The number of ether oxygens (including phenoxy) is 1. The summed E-state index contributed by atoms with van der Waals surface area (Å²) in [4.78, 5) is 11.3. The lowest BCUT2D eigenvalue weighted by atomic mass is 10.1. The topological polar surface area (TPSA) is 58.6 Å². The average Bonchev–Trinajstić information content (AvgIpc) is 2.49. The van der Waals surface area contributed by atoms with E-state index in [0.29, 0.717) is 13.2 Å². The van der Waals surface area contributed by atoms with Gasteiger partial charge in [0.15, 0.2) is 0 Å². The predicted molar refractivity (Wildman–Crippen MR) is 84.5 cm³/mol. The van der Waals surface area contributed by atoms with Gasteiger partial charge in [0.25, 0.3) is 0 Å². The predicted octanol–water partition coefficient (Wildman–Crippen LogP) is 3.24. The van der Waals surface area contributed by atoms with Gasteiger partial charge in [-0.05, 0) is 29.8 Å². The zero-order chi connectivity index (χ0) is 15.1. The lowest BCUT2D eigenvalue weighted by Crippen LogP contribution is -2.31. The summed E-state index contributed by atoms with van der Waals surface area (Å²) in [6.45, 7) is 0.847. The van der Waals surface area contributed by atoms with Crippen LogP contribution < -0.4 is 10.1 Å². The van der Waals surface area contributed by atoms with Gasteiger partial charge in [0, 0.05) is 11.0 Å². The van der Waals surface area contributed by atoms with E-state index in [9.17, 15) is 9.90 Å². The van der Waals surface area contributed by atoms with Crippen LogP contribution in [0.2, 0.25) is 0 Å². The van der Waals surface area contributed by atoms with E-state index in [2.05, 4.69) is 21.2 Å². The Morgan fingerprint density at radius 1 is 1.14 bits per heavy atom. The summed E-state index contributed by atoms with van der Waals surface area (Å²) >= 11 is 3.35. The minimum atomic E-state index is -0.898. The number of carbonyl (C=O) groups is 1. The maximum atomic E-state index is 11.3. The summed E-state index contributed by atoms with van der Waals surface area (Å²) < 4.78 is 6.54. The van der Waals surface area contributed by atoms with Gasteiger partial charge in [-0.2, -0.15) is 0 Å². The molecule has 1 unspecified atom stereocenters. The molecule has 0 saturated carbocycles. The van der Waals surface area contributed by atoms with Crippen LogP contribution in [0.4, 0.5) is 0 Å². The van der Waals surface area contributed by atoms with Crippen LogP contribution in [0.25, 0.3) is 0 Å². The Bertz CT molecular complexity index is 572. The highest BCUT2D eigenvalue weighted by Crippen LogP contribution is 2.16. The highest BCUT2D eigenvalue weighted by atomic mass is 79.9. The molecular formula is C16H16BrNO3. The van der Waals surface area contributed by atoms with Crippen molar-refractivity contribution in [2.75, 3.05) is 13.2 Å². The molecule has 0 fully saturated rings. The zero-order valence-corrected chi connectivity index (χ0v) is 12.9. The highest BCUT2D eigenvalue weighted by molar-refractivity contribution is 9.10. The summed E-state index contributed by atoms with van der Waals surface area (Å²) in [6, 6.07) is 15.9. The molecule has 0 bridgehead atoms. The number of hydrogen-bond acceptors (Lipinski definition) is 3. The van der Waals surface area contributed by atoms with Gasteiger partial charge in [0.1, 0.15) is 18.4 Å². The van der Waals surface area contributed by atoms with Crippen LogP contribution in [0.15, 0.2) is 59.1 Å². The van der Waals surface area contributed by atoms with Crippen LogP contribution in [-0.2, 0) is 4.79 Å². The number of benzene rings is 2. The number of aliphatic carboxylic acids is 1. The molecule has 0 saturated heterocycles. The van der Waals surface area contributed by atoms with Gasteiger partial charge in [0.05, 0.1) is 0 Å². The Balaban J connectivity index is 1.83. The molecule has 0 heterocycles. The van der Waals surface area contributed by atoms with Gasteiger partial charge < -0.3 is 9.84 Å². The van der Waals surface area contributed by atoms with Crippen LogP contribution in [0.5, 0.6) is 5.75 Å². The van der Waals surface area contributed by atoms with E-state index in [1.807, 2.05) is 42.5 Å². The summed E-state index contributed by atoms with van der Waals surface area (Å²) in [5.41, 5.74) is 0.730. The fraction of sp³-hybridized carbons (Fsp3) is 0.188. The van der Waals surface area contributed by atoms with Gasteiger partial charge in [-0.25, -0.2) is 0 Å². The fourth-order valence-electron chi connectivity index (χ4n) is 1.90. The van der Waals surface area contributed by atoms with Crippen molar-refractivity contribution in [1.82, 2.24) is 5.32 Å². The first kappa shape index (κ1) is 15.5. The van der Waals surface area contributed by atoms with E-state index in [4.69, 9.17) is 4.74 Å². The Kier molecular flexibility index (Phi) is 5.78. The maximum absolute atomic E-state index is 11.3. The second-order valence-electron chi connectivity index (χ2n) is 4.44. The SMILES string of the molecule is O=C(O)C(NCCOc1ccc(Br)cc1)c1ccccc1. The zero-order valence-electron chi connectivity index (χ0n) is 11.3. The number of carboxylic acid groups (broad SMARTS) is 1. The quantitative estimate of drug-likeness (QED) is 0.753. The molecule has 0 radical (unpaired) electrons. The number of halogens is 1. The van der Waals surface area contributed by atoms with Crippen molar-refractivity contribution in [3.63, 3.8) is 0 Å². The average molecular weight is 350 g/mol. The van der Waals surface area contributed by atoms with Gasteiger partial charge in [-0.3, -0.25) is 10.1 Å². The summed E-state index contributed by atoms with van der Waals surface area (Å²) in [5, 5.41) is 12.2. The molecule has 0 spiro atoms. The van der Waals surface area contributed by atoms with Crippen molar-refractivity contribution in [2.24, 2.45) is 0 Å².